The van der Waals surface area contributed by atoms with Gasteiger partial charge in [-0.1, -0.05) is 36.8 Å². The van der Waals surface area contributed by atoms with Crippen LogP contribution in [0.5, 0.6) is 0 Å². The molecule has 0 N–H and O–H groups in total. The fourth-order valence-electron chi connectivity index (χ4n) is 5.15. The van der Waals surface area contributed by atoms with Crippen LogP contribution in [0.25, 0.3) is 0 Å². The van der Waals surface area contributed by atoms with E-state index in [1.165, 1.54) is 24.8 Å². The summed E-state index contributed by atoms with van der Waals surface area (Å²) in [6.45, 7) is 3.06. The Hall–Kier alpha value is -2.22. The molecule has 4 rings (SSSR count). The lowest BCUT2D eigenvalue weighted by molar-refractivity contribution is -0.170. The van der Waals surface area contributed by atoms with Gasteiger partial charge in [0.25, 0.3) is 0 Å². The van der Waals surface area contributed by atoms with Gasteiger partial charge >= 0.3 is 0 Å². The van der Waals surface area contributed by atoms with Crippen molar-refractivity contribution in [3.8, 4) is 6.07 Å². The highest BCUT2D eigenvalue weighted by molar-refractivity contribution is 5.32. The fourth-order valence-corrected chi connectivity index (χ4v) is 5.15. The number of nitriles is 1. The van der Waals surface area contributed by atoms with Crippen LogP contribution in [-0.4, -0.2) is 30.1 Å². The van der Waals surface area contributed by atoms with E-state index in [2.05, 4.69) is 46.3 Å². The molecule has 0 spiro atoms. The molecule has 2 heterocycles. The van der Waals surface area contributed by atoms with Gasteiger partial charge in [-0.15, -0.1) is 0 Å². The molecule has 2 atom stereocenters. The van der Waals surface area contributed by atoms with E-state index in [9.17, 15) is 5.26 Å². The summed E-state index contributed by atoms with van der Waals surface area (Å²) in [6.07, 6.45) is 5.34. The van der Waals surface area contributed by atoms with Gasteiger partial charge in [0, 0.05) is 44.8 Å². The molecule has 1 saturated heterocycles. The van der Waals surface area contributed by atoms with Gasteiger partial charge in [0.05, 0.1) is 0 Å². The molecule has 2 fully saturated rings. The van der Waals surface area contributed by atoms with E-state index < -0.39 is 0 Å². The highest BCUT2D eigenvalue weighted by Gasteiger charge is 2.53. The Bertz CT molecular complexity index is 785. The summed E-state index contributed by atoms with van der Waals surface area (Å²) in [5.74, 6) is 0.885. The summed E-state index contributed by atoms with van der Waals surface area (Å²) >= 11 is 0. The van der Waals surface area contributed by atoms with E-state index in [1.807, 2.05) is 19.2 Å². The van der Waals surface area contributed by atoms with Gasteiger partial charge in [-0.3, -0.25) is 4.90 Å². The molecule has 26 heavy (non-hydrogen) atoms. The number of benzene rings is 1. The summed E-state index contributed by atoms with van der Waals surface area (Å²) in [7, 11) is 1.84. The lowest BCUT2D eigenvalue weighted by atomic mass is 9.62. The number of ether oxygens (including phenoxy) is 1. The molecule has 4 heteroatoms. The number of piperidine rings is 1. The quantitative estimate of drug-likeness (QED) is 0.846. The molecule has 1 aliphatic carbocycles. The first-order chi connectivity index (χ1) is 12.8. The molecular formula is C22H25N3O. The van der Waals surface area contributed by atoms with Gasteiger partial charge in [-0.2, -0.15) is 5.26 Å². The van der Waals surface area contributed by atoms with Gasteiger partial charge in [-0.05, 0) is 36.1 Å². The summed E-state index contributed by atoms with van der Waals surface area (Å²) in [5.41, 5.74) is 2.68. The maximum atomic E-state index is 9.26. The van der Waals surface area contributed by atoms with Crippen molar-refractivity contribution in [3.05, 3.63) is 65.5 Å². The highest BCUT2D eigenvalue weighted by Crippen LogP contribution is 2.51. The monoisotopic (exact) mass is 347 g/mol. The van der Waals surface area contributed by atoms with Crippen molar-refractivity contribution in [2.75, 3.05) is 20.2 Å². The number of aromatic nitrogens is 1. The number of likely N-dealkylation sites (tertiary alicyclic amines) is 1. The van der Waals surface area contributed by atoms with Crippen molar-refractivity contribution in [1.29, 1.82) is 5.26 Å². The van der Waals surface area contributed by atoms with Gasteiger partial charge in [0.15, 0.2) is 0 Å². The third-order valence-corrected chi connectivity index (χ3v) is 6.19. The standard InChI is InChI=1S/C22H25N3O/c1-26-22(18-10-11-24-21(12-18)13-23)19-8-5-9-20(22)16-25(15-19)14-17-6-3-2-4-7-17/h2-4,6-7,10-12,19-20H,5,8-9,14-16H2,1H3. The summed E-state index contributed by atoms with van der Waals surface area (Å²) < 4.78 is 6.27. The zero-order chi connectivity index (χ0) is 18.0. The molecular weight excluding hydrogens is 322 g/mol. The highest BCUT2D eigenvalue weighted by atomic mass is 16.5. The van der Waals surface area contributed by atoms with Crippen LogP contribution in [0, 0.1) is 23.2 Å². The van der Waals surface area contributed by atoms with Crippen LogP contribution in [0.4, 0.5) is 0 Å². The lowest BCUT2D eigenvalue weighted by Crippen LogP contribution is -2.58. The Morgan fingerprint density at radius 2 is 1.92 bits per heavy atom. The first-order valence-corrected chi connectivity index (χ1v) is 9.44. The predicted molar refractivity (Wildman–Crippen MR) is 100 cm³/mol. The Morgan fingerprint density at radius 1 is 1.19 bits per heavy atom. The molecule has 2 aliphatic rings. The van der Waals surface area contributed by atoms with Crippen molar-refractivity contribution >= 4 is 0 Å². The zero-order valence-corrected chi connectivity index (χ0v) is 15.3. The number of nitrogens with zero attached hydrogens (tertiary/aromatic N) is 3. The van der Waals surface area contributed by atoms with Crippen molar-refractivity contribution in [2.24, 2.45) is 11.8 Å². The fraction of sp³-hybridized carbons (Fsp3) is 0.455. The Morgan fingerprint density at radius 3 is 2.58 bits per heavy atom. The maximum absolute atomic E-state index is 9.26. The zero-order valence-electron chi connectivity index (χ0n) is 15.3. The van der Waals surface area contributed by atoms with E-state index in [1.54, 1.807) is 6.20 Å². The Labute approximate surface area is 155 Å². The van der Waals surface area contributed by atoms with Gasteiger partial charge < -0.3 is 4.74 Å². The van der Waals surface area contributed by atoms with Gasteiger partial charge in [0.1, 0.15) is 17.4 Å². The minimum Gasteiger partial charge on any atom is -0.373 e. The molecule has 1 aromatic heterocycles. The van der Waals surface area contributed by atoms with Crippen LogP contribution in [0.3, 0.4) is 0 Å². The third kappa shape index (κ3) is 2.92. The second-order valence-electron chi connectivity index (χ2n) is 7.54. The Kier molecular flexibility index (Phi) is 4.76. The van der Waals surface area contributed by atoms with Crippen LogP contribution < -0.4 is 0 Å². The summed E-state index contributed by atoms with van der Waals surface area (Å²) in [6, 6.07) is 16.9. The molecule has 2 aromatic rings. The molecule has 1 aromatic carbocycles. The van der Waals surface area contributed by atoms with Crippen molar-refractivity contribution in [1.82, 2.24) is 9.88 Å². The number of fused-ring (bicyclic) bond motifs is 2. The Balaban J connectivity index is 1.64. The molecule has 0 radical (unpaired) electrons. The molecule has 134 valence electrons. The number of pyridine rings is 1. The van der Waals surface area contributed by atoms with Crippen LogP contribution >= 0.6 is 0 Å². The summed E-state index contributed by atoms with van der Waals surface area (Å²) in [4.78, 5) is 6.73. The van der Waals surface area contributed by atoms with Crippen molar-refractivity contribution in [3.63, 3.8) is 0 Å². The third-order valence-electron chi connectivity index (χ3n) is 6.19. The molecule has 1 aliphatic heterocycles. The second kappa shape index (κ2) is 7.19. The number of methoxy groups -OCH3 is 1. The van der Waals surface area contributed by atoms with Crippen molar-refractivity contribution in [2.45, 2.75) is 31.4 Å². The lowest BCUT2D eigenvalue weighted by Gasteiger charge is -2.55. The molecule has 0 amide bonds. The van der Waals surface area contributed by atoms with E-state index in [0.29, 0.717) is 17.5 Å². The first-order valence-electron chi connectivity index (χ1n) is 9.44. The number of hydrogen-bond donors (Lipinski definition) is 0. The van der Waals surface area contributed by atoms with E-state index in [-0.39, 0.29) is 5.60 Å². The number of rotatable bonds is 4. The second-order valence-corrected chi connectivity index (χ2v) is 7.54. The molecule has 2 unspecified atom stereocenters. The normalized spacial score (nSPS) is 28.5. The largest absolute Gasteiger partial charge is 0.373 e. The average molecular weight is 347 g/mol. The first kappa shape index (κ1) is 17.2. The van der Waals surface area contributed by atoms with Gasteiger partial charge in [-0.25, -0.2) is 4.98 Å². The molecule has 2 bridgehead atoms. The van der Waals surface area contributed by atoms with E-state index >= 15 is 0 Å². The van der Waals surface area contributed by atoms with Crippen LogP contribution in [0.2, 0.25) is 0 Å². The SMILES string of the molecule is COC1(c2ccnc(C#N)c2)C2CCCC1CN(Cc1ccccc1)C2. The predicted octanol–water partition coefficient (Wildman–Crippen LogP) is 3.73. The topological polar surface area (TPSA) is 49.1 Å². The molecule has 1 saturated carbocycles. The number of hydrogen-bond acceptors (Lipinski definition) is 4. The maximum Gasteiger partial charge on any atom is 0.140 e. The van der Waals surface area contributed by atoms with E-state index in [4.69, 9.17) is 4.74 Å². The molecule has 4 nitrogen and oxygen atoms in total. The summed E-state index contributed by atoms with van der Waals surface area (Å²) in [5, 5.41) is 9.26. The average Bonchev–Trinajstić information content (AvgIpc) is 2.68. The minimum atomic E-state index is -0.292. The van der Waals surface area contributed by atoms with Crippen LogP contribution in [0.1, 0.15) is 36.1 Å². The van der Waals surface area contributed by atoms with Gasteiger partial charge in [0.2, 0.25) is 0 Å². The van der Waals surface area contributed by atoms with E-state index in [0.717, 1.165) is 25.2 Å². The smallest absolute Gasteiger partial charge is 0.140 e. The van der Waals surface area contributed by atoms with Crippen LogP contribution in [-0.2, 0) is 16.9 Å². The van der Waals surface area contributed by atoms with Crippen molar-refractivity contribution < 1.29 is 4.74 Å². The van der Waals surface area contributed by atoms with Crippen LogP contribution in [0.15, 0.2) is 48.7 Å². The minimum absolute atomic E-state index is 0.292.